The van der Waals surface area contributed by atoms with E-state index >= 15 is 0 Å². The molecule has 0 amide bonds. The monoisotopic (exact) mass is 178 g/mol. The Balaban J connectivity index is 2.14. The minimum absolute atomic E-state index is 0.131. The fourth-order valence-electron chi connectivity index (χ4n) is 2.11. The second kappa shape index (κ2) is 3.36. The molecule has 0 aromatic carbocycles. The molecule has 1 unspecified atom stereocenters. The van der Waals surface area contributed by atoms with E-state index in [9.17, 15) is 4.79 Å². The predicted molar refractivity (Wildman–Crippen MR) is 50.1 cm³/mol. The number of carbonyl (C=O) groups excluding carboxylic acids is 1. The van der Waals surface area contributed by atoms with Crippen LogP contribution in [0.4, 0.5) is 0 Å². The fourth-order valence-corrected chi connectivity index (χ4v) is 2.11. The van der Waals surface area contributed by atoms with Crippen LogP contribution in [0, 0.1) is 5.92 Å². The maximum Gasteiger partial charge on any atom is 0.334 e. The van der Waals surface area contributed by atoms with Gasteiger partial charge >= 0.3 is 5.97 Å². The van der Waals surface area contributed by atoms with E-state index in [0.717, 1.165) is 18.4 Å². The van der Waals surface area contributed by atoms with Crippen molar-refractivity contribution >= 4 is 5.97 Å². The van der Waals surface area contributed by atoms with Crippen molar-refractivity contribution in [1.29, 1.82) is 0 Å². The summed E-state index contributed by atoms with van der Waals surface area (Å²) in [4.78, 5) is 11.3. The highest BCUT2D eigenvalue weighted by Crippen LogP contribution is 2.35. The second-order valence-corrected chi connectivity index (χ2v) is 3.71. The second-order valence-electron chi connectivity index (χ2n) is 3.71. The molecule has 0 radical (unpaired) electrons. The van der Waals surface area contributed by atoms with Crippen LogP contribution in [-0.4, -0.2) is 12.6 Å². The van der Waals surface area contributed by atoms with Gasteiger partial charge in [0.2, 0.25) is 0 Å². The van der Waals surface area contributed by atoms with Crippen LogP contribution in [0.2, 0.25) is 0 Å². The number of esters is 1. The molecule has 1 aliphatic carbocycles. The zero-order chi connectivity index (χ0) is 9.26. The molecule has 0 bridgehead atoms. The molecular formula is C11H14O2. The summed E-state index contributed by atoms with van der Waals surface area (Å²) in [5.41, 5.74) is 2.06. The quantitative estimate of drug-likeness (QED) is 0.454. The van der Waals surface area contributed by atoms with Crippen LogP contribution in [0.25, 0.3) is 0 Å². The van der Waals surface area contributed by atoms with Gasteiger partial charge in [0.1, 0.15) is 6.61 Å². The van der Waals surface area contributed by atoms with Crippen molar-refractivity contribution in [3.05, 3.63) is 23.8 Å². The highest BCUT2D eigenvalue weighted by molar-refractivity contribution is 5.91. The maximum atomic E-state index is 11.3. The third-order valence-electron chi connectivity index (χ3n) is 2.86. The van der Waals surface area contributed by atoms with E-state index in [4.69, 9.17) is 4.74 Å². The minimum atomic E-state index is -0.131. The van der Waals surface area contributed by atoms with Crippen molar-refractivity contribution < 1.29 is 9.53 Å². The van der Waals surface area contributed by atoms with Crippen LogP contribution in [0.1, 0.15) is 25.7 Å². The molecule has 2 heteroatoms. The van der Waals surface area contributed by atoms with Gasteiger partial charge in [-0.2, -0.15) is 0 Å². The highest BCUT2D eigenvalue weighted by atomic mass is 16.5. The van der Waals surface area contributed by atoms with Crippen molar-refractivity contribution in [2.45, 2.75) is 25.7 Å². The van der Waals surface area contributed by atoms with Gasteiger partial charge in [0, 0.05) is 11.5 Å². The lowest BCUT2D eigenvalue weighted by atomic mass is 9.80. The predicted octanol–water partition coefficient (Wildman–Crippen LogP) is 2.22. The Labute approximate surface area is 78.3 Å². The molecule has 70 valence electrons. The molecule has 0 aromatic heterocycles. The number of cyclic esters (lactones) is 1. The van der Waals surface area contributed by atoms with Gasteiger partial charge in [0.15, 0.2) is 0 Å². The molecule has 1 atom stereocenters. The summed E-state index contributed by atoms with van der Waals surface area (Å²) in [5, 5.41) is 0. The normalized spacial score (nSPS) is 28.6. The number of carbonyl (C=O) groups is 1. The van der Waals surface area contributed by atoms with Crippen LogP contribution in [0.3, 0.4) is 0 Å². The van der Waals surface area contributed by atoms with E-state index in [1.165, 1.54) is 18.4 Å². The van der Waals surface area contributed by atoms with E-state index < -0.39 is 0 Å². The van der Waals surface area contributed by atoms with Crippen molar-refractivity contribution in [2.75, 3.05) is 6.61 Å². The van der Waals surface area contributed by atoms with E-state index in [0.29, 0.717) is 6.61 Å². The maximum absolute atomic E-state index is 11.3. The van der Waals surface area contributed by atoms with Crippen LogP contribution in [0.15, 0.2) is 23.8 Å². The van der Waals surface area contributed by atoms with E-state index in [2.05, 4.69) is 6.58 Å². The first-order valence-electron chi connectivity index (χ1n) is 4.84. The summed E-state index contributed by atoms with van der Waals surface area (Å²) >= 11 is 0. The van der Waals surface area contributed by atoms with Gasteiger partial charge in [0.25, 0.3) is 0 Å². The average molecular weight is 178 g/mol. The number of hydrogen-bond acceptors (Lipinski definition) is 2. The Bertz CT molecular complexity index is 276. The Morgan fingerprint density at radius 1 is 1.46 bits per heavy atom. The van der Waals surface area contributed by atoms with Crippen LogP contribution < -0.4 is 0 Å². The van der Waals surface area contributed by atoms with Crippen molar-refractivity contribution in [1.82, 2.24) is 0 Å². The molecule has 0 saturated heterocycles. The van der Waals surface area contributed by atoms with Gasteiger partial charge in [-0.25, -0.2) is 4.79 Å². The molecule has 2 aliphatic rings. The van der Waals surface area contributed by atoms with Crippen LogP contribution in [0.5, 0.6) is 0 Å². The van der Waals surface area contributed by atoms with Gasteiger partial charge in [-0.15, -0.1) is 0 Å². The summed E-state index contributed by atoms with van der Waals surface area (Å²) in [6.07, 6.45) is 6.46. The lowest BCUT2D eigenvalue weighted by Gasteiger charge is -2.23. The van der Waals surface area contributed by atoms with E-state index in [1.54, 1.807) is 0 Å². The molecule has 13 heavy (non-hydrogen) atoms. The molecule has 1 saturated carbocycles. The number of ether oxygens (including phenoxy) is 1. The Kier molecular flexibility index (Phi) is 2.21. The lowest BCUT2D eigenvalue weighted by Crippen LogP contribution is -2.16. The Morgan fingerprint density at radius 3 is 2.92 bits per heavy atom. The van der Waals surface area contributed by atoms with E-state index in [1.807, 2.05) is 6.08 Å². The summed E-state index contributed by atoms with van der Waals surface area (Å²) in [6.45, 7) is 4.48. The Hall–Kier alpha value is -1.05. The zero-order valence-corrected chi connectivity index (χ0v) is 7.71. The number of allylic oxidation sites excluding steroid dienone is 1. The van der Waals surface area contributed by atoms with Crippen molar-refractivity contribution in [3.8, 4) is 0 Å². The Morgan fingerprint density at radius 2 is 2.31 bits per heavy atom. The van der Waals surface area contributed by atoms with Crippen molar-refractivity contribution in [2.24, 2.45) is 5.92 Å². The average Bonchev–Trinajstić information content (AvgIpc) is 2.52. The largest absolute Gasteiger partial charge is 0.458 e. The molecule has 1 fully saturated rings. The molecular weight excluding hydrogens is 164 g/mol. The summed E-state index contributed by atoms with van der Waals surface area (Å²) in [7, 11) is 0. The molecule has 2 rings (SSSR count). The number of rotatable bonds is 1. The minimum Gasteiger partial charge on any atom is -0.458 e. The van der Waals surface area contributed by atoms with Gasteiger partial charge < -0.3 is 4.74 Å². The van der Waals surface area contributed by atoms with Crippen molar-refractivity contribution in [3.63, 3.8) is 0 Å². The SMILES string of the molecule is C=C1CCCCC1C1=CCOC1=O. The topological polar surface area (TPSA) is 26.3 Å². The first kappa shape index (κ1) is 8.54. The van der Waals surface area contributed by atoms with Crippen LogP contribution in [-0.2, 0) is 9.53 Å². The summed E-state index contributed by atoms with van der Waals surface area (Å²) < 4.78 is 4.89. The molecule has 1 aliphatic heterocycles. The fraction of sp³-hybridized carbons (Fsp3) is 0.545. The standard InChI is InChI=1S/C11H14O2/c1-8-4-2-3-5-9(8)10-6-7-13-11(10)12/h6,9H,1-5,7H2. The first-order valence-corrected chi connectivity index (χ1v) is 4.84. The van der Waals surface area contributed by atoms with Crippen LogP contribution >= 0.6 is 0 Å². The highest BCUT2D eigenvalue weighted by Gasteiger charge is 2.28. The van der Waals surface area contributed by atoms with Gasteiger partial charge in [-0.3, -0.25) is 0 Å². The van der Waals surface area contributed by atoms with Gasteiger partial charge in [-0.1, -0.05) is 18.6 Å². The lowest BCUT2D eigenvalue weighted by molar-refractivity contribution is -0.136. The van der Waals surface area contributed by atoms with Gasteiger partial charge in [-0.05, 0) is 25.3 Å². The van der Waals surface area contributed by atoms with E-state index in [-0.39, 0.29) is 11.9 Å². The smallest absolute Gasteiger partial charge is 0.334 e. The number of hydrogen-bond donors (Lipinski definition) is 0. The molecule has 1 heterocycles. The molecule has 0 aromatic rings. The molecule has 0 spiro atoms. The molecule has 0 N–H and O–H groups in total. The summed E-state index contributed by atoms with van der Waals surface area (Å²) in [5.74, 6) is 0.150. The zero-order valence-electron chi connectivity index (χ0n) is 7.71. The van der Waals surface area contributed by atoms with Gasteiger partial charge in [0.05, 0.1) is 0 Å². The first-order chi connectivity index (χ1) is 6.29. The third-order valence-corrected chi connectivity index (χ3v) is 2.86. The molecule has 2 nitrogen and oxygen atoms in total. The summed E-state index contributed by atoms with van der Waals surface area (Å²) in [6, 6.07) is 0. The third kappa shape index (κ3) is 1.53.